The number of nitrogen functional groups attached to an aromatic ring is 1. The normalized spacial score (nSPS) is 10.1. The summed E-state index contributed by atoms with van der Waals surface area (Å²) in [5, 5.41) is 0.592. The molecule has 1 heterocycles. The number of nitrogens with zero attached hydrogens (tertiary/aromatic N) is 1. The molecule has 1 aromatic carbocycles. The molecule has 1 aromatic heterocycles. The molecular weight excluding hydrogens is 254 g/mol. The van der Waals surface area contributed by atoms with E-state index in [2.05, 4.69) is 4.98 Å². The van der Waals surface area contributed by atoms with Gasteiger partial charge in [0.25, 0.3) is 5.91 Å². The average Bonchev–Trinajstić information content (AvgIpc) is 2.34. The summed E-state index contributed by atoms with van der Waals surface area (Å²) in [6, 6.07) is 9.63. The van der Waals surface area contributed by atoms with E-state index >= 15 is 0 Å². The third-order valence-electron chi connectivity index (χ3n) is 2.17. The van der Waals surface area contributed by atoms with Gasteiger partial charge in [0.2, 0.25) is 5.88 Å². The van der Waals surface area contributed by atoms with Crippen LogP contribution in [0.4, 0.5) is 5.69 Å². The summed E-state index contributed by atoms with van der Waals surface area (Å²) in [7, 11) is 0. The monoisotopic (exact) mass is 263 g/mol. The van der Waals surface area contributed by atoms with Crippen molar-refractivity contribution in [1.29, 1.82) is 0 Å². The van der Waals surface area contributed by atoms with Crippen LogP contribution in [0.15, 0.2) is 36.4 Å². The Bertz CT molecular complexity index is 584. The van der Waals surface area contributed by atoms with Gasteiger partial charge in [0, 0.05) is 5.02 Å². The van der Waals surface area contributed by atoms with Crippen LogP contribution in [0.3, 0.4) is 0 Å². The lowest BCUT2D eigenvalue weighted by molar-refractivity contribution is 0.0995. The average molecular weight is 264 g/mol. The van der Waals surface area contributed by atoms with E-state index in [1.165, 1.54) is 12.1 Å². The first-order valence-electron chi connectivity index (χ1n) is 5.06. The van der Waals surface area contributed by atoms with Crippen molar-refractivity contribution in [2.75, 3.05) is 5.73 Å². The van der Waals surface area contributed by atoms with Crippen LogP contribution < -0.4 is 16.2 Å². The summed E-state index contributed by atoms with van der Waals surface area (Å²) < 4.78 is 5.45. The number of carbonyl (C=O) groups is 1. The molecule has 92 valence electrons. The van der Waals surface area contributed by atoms with Crippen molar-refractivity contribution in [3.8, 4) is 11.6 Å². The second-order valence-corrected chi connectivity index (χ2v) is 3.95. The first-order chi connectivity index (χ1) is 8.56. The van der Waals surface area contributed by atoms with Gasteiger partial charge >= 0.3 is 0 Å². The fraction of sp³-hybridized carbons (Fsp3) is 0. The van der Waals surface area contributed by atoms with Crippen LogP contribution in [0.25, 0.3) is 0 Å². The lowest BCUT2D eigenvalue weighted by Gasteiger charge is -2.08. The van der Waals surface area contributed by atoms with E-state index in [1.54, 1.807) is 24.3 Å². The van der Waals surface area contributed by atoms with Crippen LogP contribution in [0.1, 0.15) is 10.5 Å². The molecule has 0 spiro atoms. The van der Waals surface area contributed by atoms with Crippen molar-refractivity contribution < 1.29 is 9.53 Å². The maximum Gasteiger partial charge on any atom is 0.267 e. The summed E-state index contributed by atoms with van der Waals surface area (Å²) in [6.45, 7) is 0. The van der Waals surface area contributed by atoms with Crippen LogP contribution in [0.2, 0.25) is 5.02 Å². The smallest absolute Gasteiger partial charge is 0.267 e. The lowest BCUT2D eigenvalue weighted by atomic mass is 10.3. The highest BCUT2D eigenvalue weighted by atomic mass is 35.5. The number of amides is 1. The van der Waals surface area contributed by atoms with Gasteiger partial charge in [-0.3, -0.25) is 4.79 Å². The molecule has 1 amide bonds. The van der Waals surface area contributed by atoms with Crippen LogP contribution in [0.5, 0.6) is 11.6 Å². The van der Waals surface area contributed by atoms with Crippen molar-refractivity contribution in [2.24, 2.45) is 5.73 Å². The molecule has 6 heteroatoms. The van der Waals surface area contributed by atoms with E-state index in [1.807, 2.05) is 0 Å². The molecule has 18 heavy (non-hydrogen) atoms. The number of ether oxygens (including phenoxy) is 1. The van der Waals surface area contributed by atoms with Crippen LogP contribution in [-0.4, -0.2) is 10.9 Å². The molecule has 2 rings (SSSR count). The minimum Gasteiger partial charge on any atom is -0.437 e. The van der Waals surface area contributed by atoms with Gasteiger partial charge < -0.3 is 16.2 Å². The van der Waals surface area contributed by atoms with Crippen LogP contribution >= 0.6 is 11.6 Å². The van der Waals surface area contributed by atoms with Crippen molar-refractivity contribution in [2.45, 2.75) is 0 Å². The van der Waals surface area contributed by atoms with E-state index in [9.17, 15) is 4.79 Å². The second-order valence-electron chi connectivity index (χ2n) is 3.51. The number of hydrogen-bond acceptors (Lipinski definition) is 4. The quantitative estimate of drug-likeness (QED) is 0.888. The topological polar surface area (TPSA) is 91.2 Å². The molecule has 0 aliphatic heterocycles. The number of pyridine rings is 1. The van der Waals surface area contributed by atoms with Gasteiger partial charge in [-0.25, -0.2) is 4.98 Å². The first-order valence-corrected chi connectivity index (χ1v) is 5.44. The van der Waals surface area contributed by atoms with Gasteiger partial charge in [0.1, 0.15) is 11.4 Å². The highest BCUT2D eigenvalue weighted by Crippen LogP contribution is 2.26. The Labute approximate surface area is 108 Å². The summed E-state index contributed by atoms with van der Waals surface area (Å²) in [4.78, 5) is 14.9. The van der Waals surface area contributed by atoms with Gasteiger partial charge in [-0.1, -0.05) is 11.6 Å². The highest BCUT2D eigenvalue weighted by molar-refractivity contribution is 6.30. The van der Waals surface area contributed by atoms with E-state index in [0.29, 0.717) is 16.5 Å². The Morgan fingerprint density at radius 2 is 1.83 bits per heavy atom. The maximum atomic E-state index is 11.0. The van der Waals surface area contributed by atoms with Crippen molar-refractivity contribution in [1.82, 2.24) is 4.98 Å². The molecule has 0 aliphatic carbocycles. The summed E-state index contributed by atoms with van der Waals surface area (Å²) in [5.74, 6) is 0.00444. The standard InChI is InChI=1S/C12H10ClN3O2/c13-7-1-3-8(4-2-7)18-12-9(14)5-6-10(16-12)11(15)17/h1-6H,14H2,(H2,15,17). The van der Waals surface area contributed by atoms with Gasteiger partial charge in [-0.2, -0.15) is 0 Å². The third-order valence-corrected chi connectivity index (χ3v) is 2.42. The number of anilines is 1. The minimum absolute atomic E-state index is 0.0909. The van der Waals surface area contributed by atoms with E-state index in [4.69, 9.17) is 27.8 Å². The Hall–Kier alpha value is -2.27. The molecule has 0 atom stereocenters. The Morgan fingerprint density at radius 3 is 2.44 bits per heavy atom. The Morgan fingerprint density at radius 1 is 1.17 bits per heavy atom. The molecule has 0 aliphatic rings. The van der Waals surface area contributed by atoms with Gasteiger partial charge in [0.05, 0.1) is 5.69 Å². The number of nitrogens with two attached hydrogens (primary N) is 2. The number of aromatic nitrogens is 1. The zero-order valence-electron chi connectivity index (χ0n) is 9.26. The van der Waals surface area contributed by atoms with Crippen LogP contribution in [-0.2, 0) is 0 Å². The van der Waals surface area contributed by atoms with Crippen molar-refractivity contribution >= 4 is 23.2 Å². The van der Waals surface area contributed by atoms with Crippen molar-refractivity contribution in [3.63, 3.8) is 0 Å². The molecule has 4 N–H and O–H groups in total. The number of primary amides is 1. The highest BCUT2D eigenvalue weighted by Gasteiger charge is 2.09. The maximum absolute atomic E-state index is 11.0. The molecule has 0 unspecified atom stereocenters. The zero-order chi connectivity index (χ0) is 13.1. The number of benzene rings is 1. The zero-order valence-corrected chi connectivity index (χ0v) is 10.0. The number of halogens is 1. The molecule has 5 nitrogen and oxygen atoms in total. The van der Waals surface area contributed by atoms with Gasteiger partial charge in [-0.15, -0.1) is 0 Å². The van der Waals surface area contributed by atoms with E-state index in [-0.39, 0.29) is 11.6 Å². The Kier molecular flexibility index (Phi) is 3.34. The largest absolute Gasteiger partial charge is 0.437 e. The minimum atomic E-state index is -0.643. The SMILES string of the molecule is NC(=O)c1ccc(N)c(Oc2ccc(Cl)cc2)n1. The fourth-order valence-corrected chi connectivity index (χ4v) is 1.41. The summed E-state index contributed by atoms with van der Waals surface area (Å²) in [6.07, 6.45) is 0. The first kappa shape index (κ1) is 12.2. The molecule has 2 aromatic rings. The van der Waals surface area contributed by atoms with Crippen molar-refractivity contribution in [3.05, 3.63) is 47.1 Å². The molecular formula is C12H10ClN3O2. The lowest BCUT2D eigenvalue weighted by Crippen LogP contribution is -2.13. The Balaban J connectivity index is 2.30. The summed E-state index contributed by atoms with van der Waals surface area (Å²) in [5.41, 5.74) is 11.2. The molecule has 0 radical (unpaired) electrons. The van der Waals surface area contributed by atoms with E-state index < -0.39 is 5.91 Å². The third kappa shape index (κ3) is 2.70. The summed E-state index contributed by atoms with van der Waals surface area (Å²) >= 11 is 5.76. The second kappa shape index (κ2) is 4.93. The number of rotatable bonds is 3. The molecule has 0 bridgehead atoms. The fourth-order valence-electron chi connectivity index (χ4n) is 1.28. The predicted molar refractivity (Wildman–Crippen MR) is 68.7 cm³/mol. The van der Waals surface area contributed by atoms with Crippen LogP contribution in [0, 0.1) is 0 Å². The predicted octanol–water partition coefficient (Wildman–Crippen LogP) is 2.21. The van der Waals surface area contributed by atoms with E-state index in [0.717, 1.165) is 0 Å². The molecule has 0 saturated carbocycles. The number of carbonyl (C=O) groups excluding carboxylic acids is 1. The molecule has 0 fully saturated rings. The number of hydrogen-bond donors (Lipinski definition) is 2. The van der Waals surface area contributed by atoms with Gasteiger partial charge in [0.15, 0.2) is 0 Å². The molecule has 0 saturated heterocycles. The van der Waals surface area contributed by atoms with Gasteiger partial charge in [-0.05, 0) is 36.4 Å².